The molecule has 2 atom stereocenters. The second-order valence-electron chi connectivity index (χ2n) is 6.51. The summed E-state index contributed by atoms with van der Waals surface area (Å²) in [5, 5.41) is 21.4. The van der Waals surface area contributed by atoms with Crippen molar-refractivity contribution in [3.63, 3.8) is 0 Å². The van der Waals surface area contributed by atoms with Crippen LogP contribution in [0.1, 0.15) is 18.9 Å². The van der Waals surface area contributed by atoms with Crippen LogP contribution in [0.2, 0.25) is 5.02 Å². The first kappa shape index (κ1) is 23.3. The van der Waals surface area contributed by atoms with Crippen molar-refractivity contribution in [3.05, 3.63) is 58.9 Å². The minimum atomic E-state index is -1.72. The highest BCUT2D eigenvalue weighted by Crippen LogP contribution is 2.26. The molecule has 0 saturated heterocycles. The number of carbonyl (C=O) groups excluding carboxylic acids is 2. The van der Waals surface area contributed by atoms with Crippen LogP contribution in [-0.4, -0.2) is 46.8 Å². The molecular formula is C21H21ClFNO6. The van der Waals surface area contributed by atoms with Crippen molar-refractivity contribution in [1.82, 2.24) is 5.32 Å². The van der Waals surface area contributed by atoms with Gasteiger partial charge in [-0.1, -0.05) is 35.9 Å². The van der Waals surface area contributed by atoms with E-state index in [-0.39, 0.29) is 19.4 Å². The highest BCUT2D eigenvalue weighted by molar-refractivity contribution is 6.32. The van der Waals surface area contributed by atoms with Gasteiger partial charge in [0.1, 0.15) is 5.82 Å². The SMILES string of the molecule is CCOC(=O)C(=O)N[C@H](Cc1ccc(-c2cc(Cl)ccc2F)cc1)C[C@@H](O)C(=O)O. The number of aliphatic carboxylic acids is 1. The lowest BCUT2D eigenvalue weighted by Crippen LogP contribution is -2.44. The Balaban J connectivity index is 2.17. The number of carboxylic acid groups (broad SMARTS) is 1. The van der Waals surface area contributed by atoms with Crippen molar-refractivity contribution in [1.29, 1.82) is 0 Å². The topological polar surface area (TPSA) is 113 Å². The number of ether oxygens (including phenoxy) is 1. The van der Waals surface area contributed by atoms with Crippen molar-refractivity contribution in [2.24, 2.45) is 0 Å². The van der Waals surface area contributed by atoms with E-state index in [0.717, 1.165) is 0 Å². The zero-order valence-corrected chi connectivity index (χ0v) is 16.9. The number of benzene rings is 2. The van der Waals surface area contributed by atoms with Crippen LogP contribution in [-0.2, 0) is 25.5 Å². The third kappa shape index (κ3) is 6.53. The summed E-state index contributed by atoms with van der Waals surface area (Å²) in [6, 6.07) is 10.0. The van der Waals surface area contributed by atoms with E-state index in [4.69, 9.17) is 16.7 Å². The second kappa shape index (κ2) is 10.7. The number of carbonyl (C=O) groups is 3. The quantitative estimate of drug-likeness (QED) is 0.432. The van der Waals surface area contributed by atoms with Gasteiger partial charge in [0.05, 0.1) is 6.61 Å². The Morgan fingerprint density at radius 3 is 2.43 bits per heavy atom. The second-order valence-corrected chi connectivity index (χ2v) is 6.94. The number of hydrogen-bond acceptors (Lipinski definition) is 5. The van der Waals surface area contributed by atoms with Crippen LogP contribution >= 0.6 is 11.6 Å². The van der Waals surface area contributed by atoms with E-state index in [0.29, 0.717) is 21.7 Å². The molecular weight excluding hydrogens is 417 g/mol. The summed E-state index contributed by atoms with van der Waals surface area (Å²) in [4.78, 5) is 34.4. The van der Waals surface area contributed by atoms with Crippen molar-refractivity contribution >= 4 is 29.4 Å². The zero-order valence-electron chi connectivity index (χ0n) is 16.1. The van der Waals surface area contributed by atoms with Crippen LogP contribution in [0.25, 0.3) is 11.1 Å². The number of esters is 1. The molecule has 0 aliphatic carbocycles. The number of aliphatic hydroxyl groups is 1. The summed E-state index contributed by atoms with van der Waals surface area (Å²) >= 11 is 5.92. The molecule has 0 saturated carbocycles. The molecule has 0 unspecified atom stereocenters. The Kier molecular flexibility index (Phi) is 8.32. The number of aliphatic hydroxyl groups excluding tert-OH is 1. The van der Waals surface area contributed by atoms with E-state index in [1.165, 1.54) is 18.2 Å². The fourth-order valence-corrected chi connectivity index (χ4v) is 3.00. The van der Waals surface area contributed by atoms with Gasteiger partial charge in [0.15, 0.2) is 6.10 Å². The number of carboxylic acids is 1. The lowest BCUT2D eigenvalue weighted by atomic mass is 9.97. The Morgan fingerprint density at radius 2 is 1.83 bits per heavy atom. The average Bonchev–Trinajstić information content (AvgIpc) is 2.70. The third-order valence-electron chi connectivity index (χ3n) is 4.26. The van der Waals surface area contributed by atoms with Gasteiger partial charge < -0.3 is 20.3 Å². The van der Waals surface area contributed by atoms with Gasteiger partial charge in [0.2, 0.25) is 0 Å². The minimum Gasteiger partial charge on any atom is -0.479 e. The van der Waals surface area contributed by atoms with Gasteiger partial charge in [-0.25, -0.2) is 14.0 Å². The Morgan fingerprint density at radius 1 is 1.17 bits per heavy atom. The Hall–Kier alpha value is -2.97. The molecule has 9 heteroatoms. The molecule has 30 heavy (non-hydrogen) atoms. The van der Waals surface area contributed by atoms with Crippen molar-refractivity contribution < 1.29 is 33.7 Å². The lowest BCUT2D eigenvalue weighted by Gasteiger charge is -2.20. The zero-order chi connectivity index (χ0) is 22.3. The molecule has 160 valence electrons. The standard InChI is InChI=1S/C21H21ClFNO6/c1-2-30-21(29)19(26)24-15(11-18(25)20(27)28)9-12-3-5-13(6-4-12)16-10-14(22)7-8-17(16)23/h3-8,10,15,18,25H,2,9,11H2,1H3,(H,24,26)(H,27,28)/t15-,18-/m1/s1. The molecule has 7 nitrogen and oxygen atoms in total. The molecule has 2 aromatic carbocycles. The molecule has 2 aromatic rings. The Bertz CT molecular complexity index is 918. The molecule has 0 aromatic heterocycles. The van der Waals surface area contributed by atoms with Gasteiger partial charge in [-0.15, -0.1) is 0 Å². The molecule has 0 heterocycles. The molecule has 0 radical (unpaired) electrons. The van der Waals surface area contributed by atoms with Gasteiger partial charge in [-0.2, -0.15) is 0 Å². The largest absolute Gasteiger partial charge is 0.479 e. The van der Waals surface area contributed by atoms with Crippen LogP contribution < -0.4 is 5.32 Å². The van der Waals surface area contributed by atoms with Gasteiger partial charge in [0.25, 0.3) is 0 Å². The van der Waals surface area contributed by atoms with Crippen LogP contribution in [0, 0.1) is 5.82 Å². The lowest BCUT2D eigenvalue weighted by molar-refractivity contribution is -0.155. The first-order valence-electron chi connectivity index (χ1n) is 9.14. The fourth-order valence-electron chi connectivity index (χ4n) is 2.83. The summed E-state index contributed by atoms with van der Waals surface area (Å²) in [5.41, 5.74) is 1.58. The van der Waals surface area contributed by atoms with E-state index in [9.17, 15) is 23.9 Å². The highest BCUT2D eigenvalue weighted by atomic mass is 35.5. The predicted octanol–water partition coefficient (Wildman–Crippen LogP) is 2.57. The minimum absolute atomic E-state index is 0.0101. The number of rotatable bonds is 8. The summed E-state index contributed by atoms with van der Waals surface area (Å²) < 4.78 is 18.7. The maximum atomic E-state index is 14.0. The van der Waals surface area contributed by atoms with Gasteiger partial charge in [-0.05, 0) is 42.7 Å². The van der Waals surface area contributed by atoms with Crippen LogP contribution in [0.5, 0.6) is 0 Å². The monoisotopic (exact) mass is 437 g/mol. The van der Waals surface area contributed by atoms with Crippen molar-refractivity contribution in [2.75, 3.05) is 6.61 Å². The highest BCUT2D eigenvalue weighted by Gasteiger charge is 2.25. The average molecular weight is 438 g/mol. The molecule has 0 aliphatic rings. The third-order valence-corrected chi connectivity index (χ3v) is 4.50. The number of hydrogen-bond donors (Lipinski definition) is 3. The molecule has 3 N–H and O–H groups in total. The van der Waals surface area contributed by atoms with Gasteiger partial charge in [0, 0.05) is 23.0 Å². The summed E-state index contributed by atoms with van der Waals surface area (Å²) in [5.74, 6) is -4.01. The molecule has 0 bridgehead atoms. The molecule has 0 aliphatic heterocycles. The van der Waals surface area contributed by atoms with E-state index in [1.54, 1.807) is 31.2 Å². The van der Waals surface area contributed by atoms with Crippen molar-refractivity contribution in [2.45, 2.75) is 31.9 Å². The van der Waals surface area contributed by atoms with Gasteiger partial charge in [-0.3, -0.25) is 4.79 Å². The Labute approximate surface area is 177 Å². The van der Waals surface area contributed by atoms with Crippen LogP contribution in [0.4, 0.5) is 4.39 Å². The van der Waals surface area contributed by atoms with Crippen LogP contribution in [0.15, 0.2) is 42.5 Å². The normalized spacial score (nSPS) is 12.7. The van der Waals surface area contributed by atoms with E-state index < -0.39 is 35.8 Å². The number of nitrogens with one attached hydrogen (secondary N) is 1. The fraction of sp³-hybridized carbons (Fsp3) is 0.286. The predicted molar refractivity (Wildman–Crippen MR) is 107 cm³/mol. The van der Waals surface area contributed by atoms with E-state index in [2.05, 4.69) is 10.1 Å². The van der Waals surface area contributed by atoms with Crippen molar-refractivity contribution in [3.8, 4) is 11.1 Å². The summed E-state index contributed by atoms with van der Waals surface area (Å²) in [7, 11) is 0. The smallest absolute Gasteiger partial charge is 0.396 e. The number of amides is 1. The first-order chi connectivity index (χ1) is 14.2. The molecule has 0 fully saturated rings. The number of halogens is 2. The molecule has 0 spiro atoms. The van der Waals surface area contributed by atoms with Crippen LogP contribution in [0.3, 0.4) is 0 Å². The first-order valence-corrected chi connectivity index (χ1v) is 9.52. The summed E-state index contributed by atoms with van der Waals surface area (Å²) in [6.45, 7) is 1.55. The summed E-state index contributed by atoms with van der Waals surface area (Å²) in [6.07, 6.45) is -1.91. The maximum Gasteiger partial charge on any atom is 0.396 e. The maximum absolute atomic E-state index is 14.0. The molecule has 1 amide bonds. The molecule has 2 rings (SSSR count). The van der Waals surface area contributed by atoms with Gasteiger partial charge >= 0.3 is 17.8 Å². The van der Waals surface area contributed by atoms with E-state index in [1.807, 2.05) is 0 Å². The van der Waals surface area contributed by atoms with E-state index >= 15 is 0 Å².